The van der Waals surface area contributed by atoms with Crippen LogP contribution in [0.4, 0.5) is 0 Å². The fraction of sp³-hybridized carbons (Fsp3) is 0.889. The van der Waals surface area contributed by atoms with Crippen molar-refractivity contribution in [3.8, 4) is 0 Å². The summed E-state index contributed by atoms with van der Waals surface area (Å²) in [5.74, 6) is 1.11. The minimum Gasteiger partial charge on any atom is -0.356 e. The third kappa shape index (κ3) is 3.40. The summed E-state index contributed by atoms with van der Waals surface area (Å²) in [5, 5.41) is 2.84. The zero-order valence-electron chi connectivity index (χ0n) is 7.98. The molecule has 1 N–H and O–H groups in total. The number of piperidine rings is 1. The van der Waals surface area contributed by atoms with Crippen LogP contribution < -0.4 is 5.32 Å². The number of nitrogens with one attached hydrogen (secondary N) is 1. The average Bonchev–Trinajstić information content (AvgIpc) is 2.02. The SMILES string of the molecule is CC.CC1CNC(=O)C(C)C1. The maximum atomic E-state index is 10.8. The lowest BCUT2D eigenvalue weighted by molar-refractivity contribution is -0.126. The largest absolute Gasteiger partial charge is 0.356 e. The van der Waals surface area contributed by atoms with Crippen molar-refractivity contribution in [1.29, 1.82) is 0 Å². The topological polar surface area (TPSA) is 29.1 Å². The molecule has 2 unspecified atom stereocenters. The first-order chi connectivity index (χ1) is 5.20. The summed E-state index contributed by atoms with van der Waals surface area (Å²) in [7, 11) is 0. The Balaban J connectivity index is 0.000000461. The molecule has 0 aromatic rings. The van der Waals surface area contributed by atoms with Crippen molar-refractivity contribution in [3.63, 3.8) is 0 Å². The fourth-order valence-corrected chi connectivity index (χ4v) is 1.24. The summed E-state index contributed by atoms with van der Waals surface area (Å²) in [6.07, 6.45) is 1.05. The van der Waals surface area contributed by atoms with E-state index in [4.69, 9.17) is 0 Å². The van der Waals surface area contributed by atoms with Crippen LogP contribution in [0.2, 0.25) is 0 Å². The Kier molecular flexibility index (Phi) is 4.92. The molecule has 2 heteroatoms. The molecule has 1 aliphatic heterocycles. The highest BCUT2D eigenvalue weighted by Gasteiger charge is 2.21. The molecule has 0 aromatic carbocycles. The van der Waals surface area contributed by atoms with Gasteiger partial charge in [-0.15, -0.1) is 0 Å². The lowest BCUT2D eigenvalue weighted by Gasteiger charge is -2.23. The highest BCUT2D eigenvalue weighted by molar-refractivity contribution is 5.78. The summed E-state index contributed by atoms with van der Waals surface area (Å²) >= 11 is 0. The van der Waals surface area contributed by atoms with Gasteiger partial charge in [-0.05, 0) is 12.3 Å². The van der Waals surface area contributed by atoms with Crippen LogP contribution in [0.1, 0.15) is 34.1 Å². The Morgan fingerprint density at radius 3 is 2.27 bits per heavy atom. The van der Waals surface area contributed by atoms with E-state index in [1.165, 1.54) is 0 Å². The number of hydrogen-bond donors (Lipinski definition) is 1. The summed E-state index contributed by atoms with van der Waals surface area (Å²) in [4.78, 5) is 10.8. The third-order valence-corrected chi connectivity index (χ3v) is 1.83. The molecule has 1 heterocycles. The Hall–Kier alpha value is -0.530. The van der Waals surface area contributed by atoms with Crippen molar-refractivity contribution in [2.45, 2.75) is 34.1 Å². The van der Waals surface area contributed by atoms with Crippen molar-refractivity contribution in [2.24, 2.45) is 11.8 Å². The van der Waals surface area contributed by atoms with Gasteiger partial charge < -0.3 is 5.32 Å². The first-order valence-corrected chi connectivity index (χ1v) is 4.48. The van der Waals surface area contributed by atoms with Gasteiger partial charge >= 0.3 is 0 Å². The monoisotopic (exact) mass is 157 g/mol. The maximum Gasteiger partial charge on any atom is 0.222 e. The molecule has 11 heavy (non-hydrogen) atoms. The van der Waals surface area contributed by atoms with Gasteiger partial charge in [-0.3, -0.25) is 4.79 Å². The molecule has 66 valence electrons. The van der Waals surface area contributed by atoms with E-state index in [9.17, 15) is 4.79 Å². The van der Waals surface area contributed by atoms with Crippen molar-refractivity contribution < 1.29 is 4.79 Å². The van der Waals surface area contributed by atoms with Crippen LogP contribution in [0.3, 0.4) is 0 Å². The van der Waals surface area contributed by atoms with Gasteiger partial charge in [-0.25, -0.2) is 0 Å². The van der Waals surface area contributed by atoms with Crippen molar-refractivity contribution >= 4 is 5.91 Å². The predicted molar refractivity (Wildman–Crippen MR) is 47.3 cm³/mol. The van der Waals surface area contributed by atoms with E-state index in [0.717, 1.165) is 13.0 Å². The Morgan fingerprint density at radius 1 is 1.36 bits per heavy atom. The van der Waals surface area contributed by atoms with Crippen LogP contribution in [0.15, 0.2) is 0 Å². The summed E-state index contributed by atoms with van der Waals surface area (Å²) in [5.41, 5.74) is 0. The standard InChI is InChI=1S/C7H13NO.C2H6/c1-5-3-6(2)7(9)8-4-5;1-2/h5-6H,3-4H2,1-2H3,(H,8,9);1-2H3. The molecule has 0 radical (unpaired) electrons. The van der Waals surface area contributed by atoms with E-state index in [2.05, 4.69) is 12.2 Å². The number of rotatable bonds is 0. The zero-order chi connectivity index (χ0) is 8.85. The van der Waals surface area contributed by atoms with Gasteiger partial charge in [0.1, 0.15) is 0 Å². The molecule has 0 aliphatic carbocycles. The number of amides is 1. The average molecular weight is 157 g/mol. The third-order valence-electron chi connectivity index (χ3n) is 1.83. The maximum absolute atomic E-state index is 10.8. The van der Waals surface area contributed by atoms with Gasteiger partial charge in [0.15, 0.2) is 0 Å². The second kappa shape index (κ2) is 5.16. The minimum atomic E-state index is 0.216. The molecular weight excluding hydrogens is 138 g/mol. The van der Waals surface area contributed by atoms with Gasteiger partial charge in [0.05, 0.1) is 0 Å². The Bertz CT molecular complexity index is 123. The normalized spacial score (nSPS) is 30.0. The zero-order valence-corrected chi connectivity index (χ0v) is 7.98. The first kappa shape index (κ1) is 10.5. The van der Waals surface area contributed by atoms with Crippen molar-refractivity contribution in [1.82, 2.24) is 5.32 Å². The number of carbonyl (C=O) groups is 1. The first-order valence-electron chi connectivity index (χ1n) is 4.48. The molecule has 0 aromatic heterocycles. The quantitative estimate of drug-likeness (QED) is 0.571. The van der Waals surface area contributed by atoms with Gasteiger partial charge in [-0.2, -0.15) is 0 Å². The minimum absolute atomic E-state index is 0.216. The van der Waals surface area contributed by atoms with Crippen LogP contribution in [0.5, 0.6) is 0 Å². The number of carbonyl (C=O) groups excluding carboxylic acids is 1. The fourth-order valence-electron chi connectivity index (χ4n) is 1.24. The van der Waals surface area contributed by atoms with Gasteiger partial charge in [-0.1, -0.05) is 27.7 Å². The smallest absolute Gasteiger partial charge is 0.222 e. The predicted octanol–water partition coefficient (Wildman–Crippen LogP) is 1.80. The van der Waals surface area contributed by atoms with Gasteiger partial charge in [0.2, 0.25) is 5.91 Å². The van der Waals surface area contributed by atoms with Crippen LogP contribution in [-0.4, -0.2) is 12.5 Å². The summed E-state index contributed by atoms with van der Waals surface area (Å²) < 4.78 is 0. The molecule has 1 rings (SSSR count). The Labute approximate surface area is 69.4 Å². The molecule has 1 amide bonds. The Morgan fingerprint density at radius 2 is 1.91 bits per heavy atom. The summed E-state index contributed by atoms with van der Waals surface area (Å²) in [6, 6.07) is 0. The molecule has 1 fully saturated rings. The molecule has 2 atom stereocenters. The molecule has 2 nitrogen and oxygen atoms in total. The lowest BCUT2D eigenvalue weighted by atomic mass is 9.93. The van der Waals surface area contributed by atoms with Crippen molar-refractivity contribution in [2.75, 3.05) is 6.54 Å². The van der Waals surface area contributed by atoms with Gasteiger partial charge in [0.25, 0.3) is 0 Å². The molecule has 0 spiro atoms. The van der Waals surface area contributed by atoms with E-state index in [-0.39, 0.29) is 11.8 Å². The van der Waals surface area contributed by atoms with Crippen LogP contribution >= 0.6 is 0 Å². The van der Waals surface area contributed by atoms with E-state index in [1.54, 1.807) is 0 Å². The molecular formula is C9H19NO. The molecule has 0 bridgehead atoms. The highest BCUT2D eigenvalue weighted by Crippen LogP contribution is 2.15. The highest BCUT2D eigenvalue weighted by atomic mass is 16.1. The van der Waals surface area contributed by atoms with E-state index < -0.39 is 0 Å². The molecule has 0 saturated carbocycles. The van der Waals surface area contributed by atoms with Crippen LogP contribution in [0.25, 0.3) is 0 Å². The summed E-state index contributed by atoms with van der Waals surface area (Å²) in [6.45, 7) is 9.00. The van der Waals surface area contributed by atoms with E-state index in [1.807, 2.05) is 20.8 Å². The second-order valence-corrected chi connectivity index (χ2v) is 2.99. The van der Waals surface area contributed by atoms with E-state index >= 15 is 0 Å². The molecule has 1 aliphatic rings. The second-order valence-electron chi connectivity index (χ2n) is 2.99. The number of hydrogen-bond acceptors (Lipinski definition) is 1. The van der Waals surface area contributed by atoms with E-state index in [0.29, 0.717) is 5.92 Å². The lowest BCUT2D eigenvalue weighted by Crippen LogP contribution is -2.39. The van der Waals surface area contributed by atoms with Crippen LogP contribution in [0, 0.1) is 11.8 Å². The van der Waals surface area contributed by atoms with Gasteiger partial charge in [0, 0.05) is 12.5 Å². The molecule has 1 saturated heterocycles. The van der Waals surface area contributed by atoms with Crippen molar-refractivity contribution in [3.05, 3.63) is 0 Å². The van der Waals surface area contributed by atoms with Crippen LogP contribution in [-0.2, 0) is 4.79 Å².